The van der Waals surface area contributed by atoms with E-state index in [1.807, 2.05) is 7.05 Å². The van der Waals surface area contributed by atoms with Crippen LogP contribution < -0.4 is 15.5 Å². The molecule has 1 aromatic rings. The molecule has 0 saturated carbocycles. The van der Waals surface area contributed by atoms with Crippen LogP contribution in [0.4, 0.5) is 11.6 Å². The third-order valence-electron chi connectivity index (χ3n) is 3.64. The Morgan fingerprint density at radius 3 is 2.63 bits per heavy atom. The number of hydrogen-bond donors (Lipinski definition) is 1. The molecule has 0 radical (unpaired) electrons. The lowest BCUT2D eigenvalue weighted by molar-refractivity contribution is 0.270. The third kappa shape index (κ3) is 3.54. The van der Waals surface area contributed by atoms with E-state index in [2.05, 4.69) is 37.7 Å². The van der Waals surface area contributed by atoms with Crippen LogP contribution in [0.1, 0.15) is 6.92 Å². The van der Waals surface area contributed by atoms with Gasteiger partial charge in [0.2, 0.25) is 0 Å². The van der Waals surface area contributed by atoms with Crippen LogP contribution in [0.3, 0.4) is 0 Å². The van der Waals surface area contributed by atoms with Crippen molar-refractivity contribution in [1.29, 1.82) is 0 Å². The van der Waals surface area contributed by atoms with Crippen LogP contribution in [0.2, 0.25) is 0 Å². The van der Waals surface area contributed by atoms with Crippen molar-refractivity contribution >= 4 is 11.6 Å². The molecule has 0 aliphatic carbocycles. The topological polar surface area (TPSA) is 61.5 Å². The molecule has 1 fully saturated rings. The van der Waals surface area contributed by atoms with Crippen molar-refractivity contribution in [2.45, 2.75) is 6.92 Å². The monoisotopic (exact) mass is 264 g/mol. The minimum Gasteiger partial charge on any atom is -0.358 e. The fourth-order valence-electron chi connectivity index (χ4n) is 2.32. The number of likely N-dealkylation sites (N-methyl/N-ethyl adjacent to an activating group) is 2. The minimum absolute atomic E-state index is 0.630. The average Bonchev–Trinajstić information content (AvgIpc) is 2.48. The lowest BCUT2D eigenvalue weighted by Gasteiger charge is -2.35. The first-order valence-electron chi connectivity index (χ1n) is 6.95. The molecule has 0 unspecified atom stereocenters. The molecular formula is C13H24N6. The fourth-order valence-corrected chi connectivity index (χ4v) is 2.32. The van der Waals surface area contributed by atoms with Gasteiger partial charge in [0, 0.05) is 52.4 Å². The molecule has 2 rings (SSSR count). The van der Waals surface area contributed by atoms with Gasteiger partial charge in [0.05, 0.1) is 0 Å². The smallest absolute Gasteiger partial charge is 0.134 e. The second kappa shape index (κ2) is 6.68. The van der Waals surface area contributed by atoms with Gasteiger partial charge in [-0.3, -0.25) is 0 Å². The maximum Gasteiger partial charge on any atom is 0.134 e. The lowest BCUT2D eigenvalue weighted by Crippen LogP contribution is -2.46. The van der Waals surface area contributed by atoms with E-state index >= 15 is 0 Å². The Morgan fingerprint density at radius 1 is 1.26 bits per heavy atom. The molecule has 6 heteroatoms. The summed E-state index contributed by atoms with van der Waals surface area (Å²) in [6.45, 7) is 9.05. The number of nitrogens with zero attached hydrogens (tertiary/aromatic N) is 5. The van der Waals surface area contributed by atoms with Gasteiger partial charge in [-0.15, -0.1) is 0 Å². The Morgan fingerprint density at radius 2 is 2.00 bits per heavy atom. The molecule has 19 heavy (non-hydrogen) atoms. The summed E-state index contributed by atoms with van der Waals surface area (Å²) >= 11 is 0. The molecule has 1 aliphatic rings. The Hall–Kier alpha value is -1.40. The molecule has 1 saturated heterocycles. The van der Waals surface area contributed by atoms with Crippen LogP contribution in [0.15, 0.2) is 12.4 Å². The zero-order chi connectivity index (χ0) is 13.7. The van der Waals surface area contributed by atoms with Crippen LogP contribution >= 0.6 is 0 Å². The number of nitrogens with two attached hydrogens (primary N) is 1. The minimum atomic E-state index is 0.630. The molecule has 2 N–H and O–H groups in total. The van der Waals surface area contributed by atoms with Gasteiger partial charge < -0.3 is 20.4 Å². The number of aromatic nitrogens is 2. The van der Waals surface area contributed by atoms with Gasteiger partial charge in [-0.05, 0) is 6.54 Å². The Labute approximate surface area is 115 Å². The largest absolute Gasteiger partial charge is 0.358 e. The summed E-state index contributed by atoms with van der Waals surface area (Å²) in [7, 11) is 2.01. The number of hydrogen-bond acceptors (Lipinski definition) is 6. The lowest BCUT2D eigenvalue weighted by atomic mass is 10.3. The molecular weight excluding hydrogens is 240 g/mol. The van der Waals surface area contributed by atoms with Crippen molar-refractivity contribution in [3.05, 3.63) is 12.4 Å². The van der Waals surface area contributed by atoms with E-state index in [1.165, 1.54) is 0 Å². The molecule has 0 spiro atoms. The predicted octanol–water partition coefficient (Wildman–Crippen LogP) is 0.0134. The van der Waals surface area contributed by atoms with Gasteiger partial charge in [-0.2, -0.15) is 0 Å². The van der Waals surface area contributed by atoms with Gasteiger partial charge in [0.15, 0.2) is 0 Å². The molecule has 1 aliphatic heterocycles. The van der Waals surface area contributed by atoms with Crippen molar-refractivity contribution in [2.75, 3.05) is 62.7 Å². The zero-order valence-electron chi connectivity index (χ0n) is 11.9. The first kappa shape index (κ1) is 14.0. The molecule has 0 atom stereocenters. The van der Waals surface area contributed by atoms with Crippen molar-refractivity contribution < 1.29 is 0 Å². The van der Waals surface area contributed by atoms with Crippen LogP contribution in [0.5, 0.6) is 0 Å². The number of piperazine rings is 1. The third-order valence-corrected chi connectivity index (χ3v) is 3.64. The Kier molecular flexibility index (Phi) is 4.93. The SMILES string of the molecule is CCN1CCN(c2cc(N(C)CCN)ncn2)CC1. The molecule has 106 valence electrons. The predicted molar refractivity (Wildman–Crippen MR) is 78.7 cm³/mol. The highest BCUT2D eigenvalue weighted by atomic mass is 15.3. The normalized spacial score (nSPS) is 16.7. The summed E-state index contributed by atoms with van der Waals surface area (Å²) in [6, 6.07) is 2.05. The summed E-state index contributed by atoms with van der Waals surface area (Å²) in [5, 5.41) is 0. The summed E-state index contributed by atoms with van der Waals surface area (Å²) in [4.78, 5) is 15.5. The quantitative estimate of drug-likeness (QED) is 0.808. The second-order valence-electron chi connectivity index (χ2n) is 4.87. The first-order chi connectivity index (χ1) is 9.24. The van der Waals surface area contributed by atoms with Gasteiger partial charge in [-0.25, -0.2) is 9.97 Å². The summed E-state index contributed by atoms with van der Waals surface area (Å²) in [6.07, 6.45) is 1.64. The second-order valence-corrected chi connectivity index (χ2v) is 4.87. The standard InChI is InChI=1S/C13H24N6/c1-3-18-6-8-19(9-7-18)13-10-12(15-11-16-13)17(2)5-4-14/h10-11H,3-9,14H2,1-2H3. The molecule has 0 aromatic carbocycles. The highest BCUT2D eigenvalue weighted by Crippen LogP contribution is 2.17. The molecule has 6 nitrogen and oxygen atoms in total. The average molecular weight is 264 g/mol. The fraction of sp³-hybridized carbons (Fsp3) is 0.692. The van der Waals surface area contributed by atoms with Crippen molar-refractivity contribution in [3.8, 4) is 0 Å². The van der Waals surface area contributed by atoms with E-state index in [9.17, 15) is 0 Å². The number of anilines is 2. The molecule has 0 bridgehead atoms. The van der Waals surface area contributed by atoms with Crippen LogP contribution in [0.25, 0.3) is 0 Å². The van der Waals surface area contributed by atoms with Gasteiger partial charge in [0.1, 0.15) is 18.0 Å². The van der Waals surface area contributed by atoms with E-state index < -0.39 is 0 Å². The van der Waals surface area contributed by atoms with E-state index in [4.69, 9.17) is 5.73 Å². The Balaban J connectivity index is 2.03. The van der Waals surface area contributed by atoms with E-state index in [-0.39, 0.29) is 0 Å². The van der Waals surface area contributed by atoms with E-state index in [0.717, 1.165) is 50.9 Å². The highest BCUT2D eigenvalue weighted by molar-refractivity contribution is 5.50. The van der Waals surface area contributed by atoms with E-state index in [0.29, 0.717) is 6.54 Å². The Bertz CT molecular complexity index is 388. The van der Waals surface area contributed by atoms with Gasteiger partial charge in [-0.1, -0.05) is 6.92 Å². The number of rotatable bonds is 5. The molecule has 2 heterocycles. The summed E-state index contributed by atoms with van der Waals surface area (Å²) in [5.74, 6) is 1.96. The summed E-state index contributed by atoms with van der Waals surface area (Å²) < 4.78 is 0. The van der Waals surface area contributed by atoms with Crippen LogP contribution in [-0.4, -0.2) is 67.7 Å². The van der Waals surface area contributed by atoms with Crippen LogP contribution in [-0.2, 0) is 0 Å². The zero-order valence-corrected chi connectivity index (χ0v) is 11.9. The summed E-state index contributed by atoms with van der Waals surface area (Å²) in [5.41, 5.74) is 5.58. The first-order valence-corrected chi connectivity index (χ1v) is 6.95. The molecule has 0 amide bonds. The van der Waals surface area contributed by atoms with Gasteiger partial charge >= 0.3 is 0 Å². The van der Waals surface area contributed by atoms with Crippen molar-refractivity contribution in [3.63, 3.8) is 0 Å². The maximum atomic E-state index is 5.58. The van der Waals surface area contributed by atoms with Crippen LogP contribution in [0, 0.1) is 0 Å². The van der Waals surface area contributed by atoms with E-state index in [1.54, 1.807) is 6.33 Å². The van der Waals surface area contributed by atoms with Crippen molar-refractivity contribution in [2.24, 2.45) is 5.73 Å². The highest BCUT2D eigenvalue weighted by Gasteiger charge is 2.17. The molecule has 1 aromatic heterocycles. The maximum absolute atomic E-state index is 5.58. The van der Waals surface area contributed by atoms with Crippen molar-refractivity contribution in [1.82, 2.24) is 14.9 Å². The van der Waals surface area contributed by atoms with Gasteiger partial charge in [0.25, 0.3) is 0 Å².